The van der Waals surface area contributed by atoms with Gasteiger partial charge in [-0.25, -0.2) is 0 Å². The second-order valence-corrected chi connectivity index (χ2v) is 6.56. The molecule has 6 heteroatoms. The maximum absolute atomic E-state index is 12.3. The molecule has 0 saturated carbocycles. The van der Waals surface area contributed by atoms with Crippen molar-refractivity contribution in [2.24, 2.45) is 0 Å². The van der Waals surface area contributed by atoms with Crippen LogP contribution in [0.25, 0.3) is 0 Å². The number of carbonyl (C=O) groups is 2. The molecule has 22 heavy (non-hydrogen) atoms. The molecule has 1 aromatic carbocycles. The van der Waals surface area contributed by atoms with Gasteiger partial charge in [-0.15, -0.1) is 0 Å². The smallest absolute Gasteiger partial charge is 0.254 e. The van der Waals surface area contributed by atoms with Crippen molar-refractivity contribution in [2.45, 2.75) is 13.3 Å². The fraction of sp³-hybridized carbons (Fsp3) is 0.500. The van der Waals surface area contributed by atoms with Crippen molar-refractivity contribution in [1.29, 1.82) is 0 Å². The lowest BCUT2D eigenvalue weighted by Crippen LogP contribution is -2.50. The lowest BCUT2D eigenvalue weighted by Gasteiger charge is -2.35. The van der Waals surface area contributed by atoms with E-state index in [1.165, 1.54) is 6.07 Å². The van der Waals surface area contributed by atoms with E-state index in [4.69, 9.17) is 0 Å². The fourth-order valence-electron chi connectivity index (χ4n) is 2.44. The fourth-order valence-corrected chi connectivity index (χ4v) is 3.05. The minimum Gasteiger partial charge on any atom is -0.508 e. The molecule has 0 spiro atoms. The van der Waals surface area contributed by atoms with Gasteiger partial charge in [-0.3, -0.25) is 9.59 Å². The molecule has 2 amide bonds. The molecule has 5 nitrogen and oxygen atoms in total. The van der Waals surface area contributed by atoms with Gasteiger partial charge in [0.25, 0.3) is 5.91 Å². The average Bonchev–Trinajstić information content (AvgIpc) is 2.54. The van der Waals surface area contributed by atoms with Crippen molar-refractivity contribution in [3.05, 3.63) is 29.8 Å². The van der Waals surface area contributed by atoms with Crippen molar-refractivity contribution in [1.82, 2.24) is 9.80 Å². The van der Waals surface area contributed by atoms with Crippen LogP contribution in [0.1, 0.15) is 23.7 Å². The molecule has 2 rings (SSSR count). The number of piperazine rings is 1. The maximum Gasteiger partial charge on any atom is 0.254 e. The Hall–Kier alpha value is -1.69. The van der Waals surface area contributed by atoms with E-state index in [2.05, 4.69) is 6.92 Å². The Bertz CT molecular complexity index is 528. The zero-order valence-corrected chi connectivity index (χ0v) is 13.6. The molecule has 120 valence electrons. The summed E-state index contributed by atoms with van der Waals surface area (Å²) >= 11 is 1.77. The van der Waals surface area contributed by atoms with Gasteiger partial charge < -0.3 is 14.9 Å². The van der Waals surface area contributed by atoms with Crippen LogP contribution in [0, 0.1) is 0 Å². The van der Waals surface area contributed by atoms with Gasteiger partial charge >= 0.3 is 0 Å². The Morgan fingerprint density at radius 1 is 1.18 bits per heavy atom. The van der Waals surface area contributed by atoms with Crippen LogP contribution in [0.4, 0.5) is 0 Å². The van der Waals surface area contributed by atoms with Crippen LogP contribution in [0.3, 0.4) is 0 Å². The minimum absolute atomic E-state index is 0.0908. The van der Waals surface area contributed by atoms with Crippen LogP contribution in [0.5, 0.6) is 5.75 Å². The number of aromatic hydroxyl groups is 1. The molecule has 1 saturated heterocycles. The first-order chi connectivity index (χ1) is 10.6. The number of rotatable bonds is 5. The average molecular weight is 322 g/mol. The first kappa shape index (κ1) is 16.7. The third kappa shape index (κ3) is 4.40. The Kier molecular flexibility index (Phi) is 6.12. The van der Waals surface area contributed by atoms with Gasteiger partial charge in [-0.05, 0) is 24.0 Å². The van der Waals surface area contributed by atoms with Gasteiger partial charge in [0.1, 0.15) is 5.75 Å². The molecule has 1 heterocycles. The first-order valence-corrected chi connectivity index (χ1v) is 8.71. The predicted molar refractivity (Wildman–Crippen MR) is 88.2 cm³/mol. The van der Waals surface area contributed by atoms with Gasteiger partial charge in [-0.1, -0.05) is 13.0 Å². The highest BCUT2D eigenvalue weighted by molar-refractivity contribution is 7.99. The molecule has 1 fully saturated rings. The van der Waals surface area contributed by atoms with Crippen LogP contribution in [-0.2, 0) is 4.79 Å². The van der Waals surface area contributed by atoms with Crippen LogP contribution in [0.15, 0.2) is 24.3 Å². The molecule has 0 bridgehead atoms. The van der Waals surface area contributed by atoms with Gasteiger partial charge in [-0.2, -0.15) is 11.8 Å². The topological polar surface area (TPSA) is 60.9 Å². The van der Waals surface area contributed by atoms with Crippen molar-refractivity contribution in [3.63, 3.8) is 0 Å². The van der Waals surface area contributed by atoms with Crippen molar-refractivity contribution < 1.29 is 14.7 Å². The van der Waals surface area contributed by atoms with Crippen LogP contribution >= 0.6 is 11.8 Å². The Labute approximate surface area is 135 Å². The van der Waals surface area contributed by atoms with Crippen LogP contribution < -0.4 is 0 Å². The van der Waals surface area contributed by atoms with Crippen molar-refractivity contribution >= 4 is 23.6 Å². The molecule has 0 unspecified atom stereocenters. The zero-order chi connectivity index (χ0) is 15.9. The zero-order valence-electron chi connectivity index (χ0n) is 12.8. The summed E-state index contributed by atoms with van der Waals surface area (Å²) < 4.78 is 0. The lowest BCUT2D eigenvalue weighted by molar-refractivity contribution is -0.132. The Morgan fingerprint density at radius 3 is 2.50 bits per heavy atom. The molecule has 0 radical (unpaired) electrons. The highest BCUT2D eigenvalue weighted by atomic mass is 32.2. The number of amides is 2. The van der Waals surface area contributed by atoms with Gasteiger partial charge in [0.2, 0.25) is 5.91 Å². The predicted octanol–water partition coefficient (Wildman–Crippen LogP) is 1.82. The largest absolute Gasteiger partial charge is 0.508 e. The first-order valence-electron chi connectivity index (χ1n) is 7.55. The number of thioether (sulfide) groups is 1. The SMILES string of the molecule is CCSCCC(=O)N1CCN(C(=O)c2cccc(O)c2)CC1. The maximum atomic E-state index is 12.3. The lowest BCUT2D eigenvalue weighted by atomic mass is 10.1. The quantitative estimate of drug-likeness (QED) is 0.840. The monoisotopic (exact) mass is 322 g/mol. The van der Waals surface area contributed by atoms with Gasteiger partial charge in [0, 0.05) is 43.9 Å². The van der Waals surface area contributed by atoms with Gasteiger partial charge in [0.15, 0.2) is 0 Å². The number of carbonyl (C=O) groups excluding carboxylic acids is 2. The second kappa shape index (κ2) is 8.08. The van der Waals surface area contributed by atoms with E-state index in [1.807, 2.05) is 4.90 Å². The van der Waals surface area contributed by atoms with E-state index in [1.54, 1.807) is 34.9 Å². The summed E-state index contributed by atoms with van der Waals surface area (Å²) in [5, 5.41) is 9.45. The number of phenolic OH excluding ortho intramolecular Hbond substituents is 1. The third-order valence-corrected chi connectivity index (χ3v) is 4.58. The molecule has 0 aromatic heterocycles. The highest BCUT2D eigenvalue weighted by Gasteiger charge is 2.24. The summed E-state index contributed by atoms with van der Waals surface area (Å²) in [5.74, 6) is 2.06. The summed E-state index contributed by atoms with van der Waals surface area (Å²) in [6, 6.07) is 6.37. The summed E-state index contributed by atoms with van der Waals surface area (Å²) in [7, 11) is 0. The van der Waals surface area contributed by atoms with Crippen LogP contribution in [0.2, 0.25) is 0 Å². The van der Waals surface area contributed by atoms with Crippen molar-refractivity contribution in [3.8, 4) is 5.75 Å². The van der Waals surface area contributed by atoms with Crippen molar-refractivity contribution in [2.75, 3.05) is 37.7 Å². The van der Waals surface area contributed by atoms with E-state index in [0.717, 1.165) is 11.5 Å². The van der Waals surface area contributed by atoms with E-state index in [9.17, 15) is 14.7 Å². The van der Waals surface area contributed by atoms with E-state index >= 15 is 0 Å². The molecule has 1 aliphatic rings. The summed E-state index contributed by atoms with van der Waals surface area (Å²) in [4.78, 5) is 28.0. The number of nitrogens with zero attached hydrogens (tertiary/aromatic N) is 2. The summed E-state index contributed by atoms with van der Waals surface area (Å²) in [6.07, 6.45) is 0.568. The normalized spacial score (nSPS) is 15.0. The standard InChI is InChI=1S/C16H22N2O3S/c1-2-22-11-6-15(20)17-7-9-18(10-8-17)16(21)13-4-3-5-14(19)12-13/h3-5,12,19H,2,6-11H2,1H3. The molecule has 1 aromatic rings. The highest BCUT2D eigenvalue weighted by Crippen LogP contribution is 2.15. The molecule has 0 aliphatic carbocycles. The minimum atomic E-state index is -0.0930. The molecule has 1 aliphatic heterocycles. The van der Waals surface area contributed by atoms with E-state index < -0.39 is 0 Å². The van der Waals surface area contributed by atoms with Gasteiger partial charge in [0.05, 0.1) is 0 Å². The van der Waals surface area contributed by atoms with Crippen LogP contribution in [-0.4, -0.2) is 64.4 Å². The number of phenols is 1. The molecular weight excluding hydrogens is 300 g/mol. The third-order valence-electron chi connectivity index (χ3n) is 3.68. The molecular formula is C16H22N2O3S. The summed E-state index contributed by atoms with van der Waals surface area (Å²) in [5.41, 5.74) is 0.485. The number of hydrogen-bond donors (Lipinski definition) is 1. The molecule has 1 N–H and O–H groups in total. The summed E-state index contributed by atoms with van der Waals surface area (Å²) in [6.45, 7) is 4.34. The number of hydrogen-bond acceptors (Lipinski definition) is 4. The number of benzene rings is 1. The Balaban J connectivity index is 1.84. The molecule has 0 atom stereocenters. The Morgan fingerprint density at radius 2 is 1.86 bits per heavy atom. The van der Waals surface area contributed by atoms with E-state index in [-0.39, 0.29) is 17.6 Å². The van der Waals surface area contributed by atoms with E-state index in [0.29, 0.717) is 38.2 Å². The second-order valence-electron chi connectivity index (χ2n) is 5.17.